The quantitative estimate of drug-likeness (QED) is 0.929. The summed E-state index contributed by atoms with van der Waals surface area (Å²) in [6.45, 7) is 4.27. The number of H-pyrrole nitrogens is 1. The van der Waals surface area contributed by atoms with Crippen molar-refractivity contribution in [3.63, 3.8) is 0 Å². The van der Waals surface area contributed by atoms with Gasteiger partial charge in [-0.2, -0.15) is 0 Å². The fraction of sp³-hybridized carbons (Fsp3) is 0.444. The van der Waals surface area contributed by atoms with E-state index in [1.165, 1.54) is 12.0 Å². The Morgan fingerprint density at radius 3 is 3.09 bits per heavy atom. The van der Waals surface area contributed by atoms with Gasteiger partial charge in [0.1, 0.15) is 11.9 Å². The molecule has 2 aromatic rings. The summed E-state index contributed by atoms with van der Waals surface area (Å²) in [6, 6.07) is 4.25. The summed E-state index contributed by atoms with van der Waals surface area (Å²) < 4.78 is 6.06. The van der Waals surface area contributed by atoms with Crippen molar-refractivity contribution >= 4 is 16.9 Å². The first-order valence-corrected chi connectivity index (χ1v) is 8.19. The van der Waals surface area contributed by atoms with E-state index in [-0.39, 0.29) is 6.10 Å². The molecule has 22 heavy (non-hydrogen) atoms. The first-order chi connectivity index (χ1) is 10.7. The molecule has 114 valence electrons. The van der Waals surface area contributed by atoms with Gasteiger partial charge in [0.05, 0.1) is 16.7 Å². The summed E-state index contributed by atoms with van der Waals surface area (Å²) in [4.78, 5) is 12.8. The van der Waals surface area contributed by atoms with Crippen LogP contribution in [0.5, 0.6) is 0 Å². The van der Waals surface area contributed by atoms with Crippen LogP contribution >= 0.6 is 0 Å². The highest BCUT2D eigenvalue weighted by molar-refractivity contribution is 6.00. The molecule has 1 unspecified atom stereocenters. The third kappa shape index (κ3) is 2.23. The van der Waals surface area contributed by atoms with Crippen molar-refractivity contribution in [3.05, 3.63) is 40.9 Å². The number of ether oxygens (including phenoxy) is 1. The Bertz CT molecular complexity index is 785. The van der Waals surface area contributed by atoms with Crippen LogP contribution < -0.4 is 0 Å². The molecule has 0 fully saturated rings. The Morgan fingerprint density at radius 1 is 1.36 bits per heavy atom. The fourth-order valence-corrected chi connectivity index (χ4v) is 3.30. The molecule has 2 aliphatic rings. The molecule has 1 N–H and O–H groups in total. The van der Waals surface area contributed by atoms with E-state index in [0.717, 1.165) is 59.7 Å². The summed E-state index contributed by atoms with van der Waals surface area (Å²) in [5.41, 5.74) is 5.46. The summed E-state index contributed by atoms with van der Waals surface area (Å²) in [7, 11) is 0. The highest BCUT2D eigenvalue weighted by atomic mass is 16.5. The van der Waals surface area contributed by atoms with Crippen LogP contribution in [0.25, 0.3) is 11.0 Å². The Kier molecular flexibility index (Phi) is 3.25. The molecule has 1 aromatic heterocycles. The molecule has 4 rings (SSSR count). The van der Waals surface area contributed by atoms with Crippen molar-refractivity contribution in [1.82, 2.24) is 9.97 Å². The maximum atomic E-state index is 6.06. The third-order valence-electron chi connectivity index (χ3n) is 4.40. The highest BCUT2D eigenvalue weighted by Gasteiger charge is 2.28. The minimum atomic E-state index is 0.164. The molecule has 1 aliphatic carbocycles. The van der Waals surface area contributed by atoms with E-state index >= 15 is 0 Å². The number of rotatable bonds is 3. The largest absolute Gasteiger partial charge is 0.467 e. The van der Waals surface area contributed by atoms with Gasteiger partial charge in [-0.15, -0.1) is 0 Å². The number of benzene rings is 1. The average molecular weight is 295 g/mol. The van der Waals surface area contributed by atoms with Crippen LogP contribution in [0.4, 0.5) is 0 Å². The third-order valence-corrected chi connectivity index (χ3v) is 4.40. The van der Waals surface area contributed by atoms with Gasteiger partial charge in [-0.1, -0.05) is 13.0 Å². The number of hydrogen-bond acceptors (Lipinski definition) is 3. The number of nitrogens with one attached hydrogen (secondary N) is 1. The van der Waals surface area contributed by atoms with Crippen LogP contribution in [0.1, 0.15) is 49.6 Å². The zero-order chi connectivity index (χ0) is 15.1. The molecule has 0 saturated heterocycles. The second kappa shape index (κ2) is 5.27. The molecule has 0 spiro atoms. The van der Waals surface area contributed by atoms with Gasteiger partial charge in [-0.25, -0.2) is 9.98 Å². The van der Waals surface area contributed by atoms with E-state index in [1.807, 2.05) is 0 Å². The highest BCUT2D eigenvalue weighted by Crippen LogP contribution is 2.30. The first kappa shape index (κ1) is 13.6. The molecule has 0 bridgehead atoms. The predicted molar refractivity (Wildman–Crippen MR) is 88.2 cm³/mol. The predicted octanol–water partition coefficient (Wildman–Crippen LogP) is 4.04. The van der Waals surface area contributed by atoms with Crippen LogP contribution in [0.3, 0.4) is 0 Å². The monoisotopic (exact) mass is 295 g/mol. The Labute approximate surface area is 130 Å². The molecule has 2 heterocycles. The van der Waals surface area contributed by atoms with Crippen LogP contribution in [0.15, 0.2) is 28.9 Å². The molecule has 0 saturated carbocycles. The summed E-state index contributed by atoms with van der Waals surface area (Å²) in [5.74, 6) is 1.82. The zero-order valence-electron chi connectivity index (χ0n) is 13.1. The molecule has 0 radical (unpaired) electrons. The van der Waals surface area contributed by atoms with Crippen LogP contribution in [0.2, 0.25) is 0 Å². The minimum absolute atomic E-state index is 0.164. The van der Waals surface area contributed by atoms with E-state index in [1.54, 1.807) is 0 Å². The van der Waals surface area contributed by atoms with Gasteiger partial charge in [0.15, 0.2) is 0 Å². The summed E-state index contributed by atoms with van der Waals surface area (Å²) in [6.07, 6.45) is 7.83. The first-order valence-electron chi connectivity index (χ1n) is 8.19. The Hall–Kier alpha value is -2.10. The van der Waals surface area contributed by atoms with E-state index in [0.29, 0.717) is 0 Å². The zero-order valence-corrected chi connectivity index (χ0v) is 13.1. The number of aromatic nitrogens is 2. The van der Waals surface area contributed by atoms with Crippen LogP contribution in [-0.4, -0.2) is 22.0 Å². The lowest BCUT2D eigenvalue weighted by Crippen LogP contribution is -2.14. The van der Waals surface area contributed by atoms with E-state index < -0.39 is 0 Å². The second-order valence-corrected chi connectivity index (χ2v) is 6.21. The fourth-order valence-electron chi connectivity index (χ4n) is 3.30. The van der Waals surface area contributed by atoms with Crippen LogP contribution in [0, 0.1) is 6.92 Å². The standard InChI is InChI=1S/C18H21N3O/c1-3-6-16-19-14-10-12(9-11(2)17(14)21-16)18-20-13-7-4-5-8-15(13)22-18/h7,9-10,15H,3-6,8H2,1-2H3,(H,19,21). The summed E-state index contributed by atoms with van der Waals surface area (Å²) >= 11 is 0. The van der Waals surface area contributed by atoms with Crippen molar-refractivity contribution in [3.8, 4) is 0 Å². The van der Waals surface area contributed by atoms with Crippen molar-refractivity contribution < 1.29 is 4.74 Å². The number of hydrogen-bond donors (Lipinski definition) is 1. The van der Waals surface area contributed by atoms with Gasteiger partial charge in [-0.05, 0) is 50.3 Å². The average Bonchev–Trinajstić information content (AvgIpc) is 3.11. The Morgan fingerprint density at radius 2 is 2.27 bits per heavy atom. The van der Waals surface area contributed by atoms with E-state index in [4.69, 9.17) is 14.7 Å². The molecular formula is C18H21N3O. The van der Waals surface area contributed by atoms with Gasteiger partial charge in [0, 0.05) is 12.0 Å². The lowest BCUT2D eigenvalue weighted by Gasteiger charge is -2.15. The molecular weight excluding hydrogens is 274 g/mol. The van der Waals surface area contributed by atoms with Crippen molar-refractivity contribution in [2.45, 2.75) is 52.1 Å². The smallest absolute Gasteiger partial charge is 0.221 e. The van der Waals surface area contributed by atoms with Crippen LogP contribution in [-0.2, 0) is 11.2 Å². The number of aromatic amines is 1. The molecule has 1 aliphatic heterocycles. The Balaban J connectivity index is 1.73. The van der Waals surface area contributed by atoms with Gasteiger partial charge in [0.25, 0.3) is 0 Å². The lowest BCUT2D eigenvalue weighted by atomic mass is 10.0. The van der Waals surface area contributed by atoms with Crippen molar-refractivity contribution in [2.75, 3.05) is 0 Å². The molecule has 4 heteroatoms. The number of fused-ring (bicyclic) bond motifs is 2. The lowest BCUT2D eigenvalue weighted by molar-refractivity contribution is 0.225. The number of allylic oxidation sites excluding steroid dienone is 1. The number of aliphatic imine (C=N–C) groups is 1. The second-order valence-electron chi connectivity index (χ2n) is 6.21. The minimum Gasteiger partial charge on any atom is -0.467 e. The van der Waals surface area contributed by atoms with Gasteiger partial charge < -0.3 is 9.72 Å². The number of aryl methyl sites for hydroxylation is 2. The maximum absolute atomic E-state index is 6.06. The number of nitrogens with zero attached hydrogens (tertiary/aromatic N) is 2. The SMILES string of the molecule is CCCc1nc2c(C)cc(C3=NC4=CCCCC4O3)cc2[nH]1. The van der Waals surface area contributed by atoms with Crippen molar-refractivity contribution in [1.29, 1.82) is 0 Å². The molecule has 4 nitrogen and oxygen atoms in total. The summed E-state index contributed by atoms with van der Waals surface area (Å²) in [5, 5.41) is 0. The van der Waals surface area contributed by atoms with Crippen molar-refractivity contribution in [2.24, 2.45) is 4.99 Å². The van der Waals surface area contributed by atoms with E-state index in [2.05, 4.69) is 37.0 Å². The normalized spacial score (nSPS) is 20.5. The van der Waals surface area contributed by atoms with Gasteiger partial charge in [-0.3, -0.25) is 0 Å². The topological polar surface area (TPSA) is 50.3 Å². The van der Waals surface area contributed by atoms with Gasteiger partial charge in [0.2, 0.25) is 5.90 Å². The number of imidazole rings is 1. The molecule has 0 amide bonds. The maximum Gasteiger partial charge on any atom is 0.221 e. The molecule has 1 atom stereocenters. The molecule has 1 aromatic carbocycles. The van der Waals surface area contributed by atoms with E-state index in [9.17, 15) is 0 Å². The van der Waals surface area contributed by atoms with Gasteiger partial charge >= 0.3 is 0 Å².